The minimum absolute atomic E-state index is 0.110. The lowest BCUT2D eigenvalue weighted by Gasteiger charge is -2.31. The van der Waals surface area contributed by atoms with Gasteiger partial charge in [-0.15, -0.1) is 0 Å². The lowest BCUT2D eigenvalue weighted by atomic mass is 9.82. The van der Waals surface area contributed by atoms with Crippen molar-refractivity contribution in [3.63, 3.8) is 0 Å². The van der Waals surface area contributed by atoms with Crippen LogP contribution in [-0.2, 0) is 11.2 Å². The van der Waals surface area contributed by atoms with Crippen LogP contribution in [0.25, 0.3) is 0 Å². The summed E-state index contributed by atoms with van der Waals surface area (Å²) in [6.45, 7) is 1.07. The van der Waals surface area contributed by atoms with Gasteiger partial charge in [-0.2, -0.15) is 0 Å². The second-order valence-electron chi connectivity index (χ2n) is 6.65. The molecule has 3 heteroatoms. The molecule has 2 aliphatic rings. The maximum Gasteiger partial charge on any atom is 0.220 e. The molecule has 0 aromatic heterocycles. The fourth-order valence-electron chi connectivity index (χ4n) is 3.96. The zero-order chi connectivity index (χ0) is 14.7. The maximum atomic E-state index is 11.2. The van der Waals surface area contributed by atoms with Crippen molar-refractivity contribution in [1.29, 1.82) is 0 Å². The van der Waals surface area contributed by atoms with Crippen molar-refractivity contribution in [3.8, 4) is 0 Å². The van der Waals surface area contributed by atoms with Gasteiger partial charge in [-0.3, -0.25) is 4.79 Å². The third-order valence-corrected chi connectivity index (χ3v) is 5.28. The van der Waals surface area contributed by atoms with Crippen LogP contribution in [0.2, 0.25) is 0 Å². The van der Waals surface area contributed by atoms with Gasteiger partial charge >= 0.3 is 0 Å². The summed E-state index contributed by atoms with van der Waals surface area (Å²) in [5, 5.41) is 3.74. The molecule has 0 spiro atoms. The number of fused-ring (bicyclic) bond motifs is 1. The molecule has 1 aromatic carbocycles. The minimum atomic E-state index is -0.116. The van der Waals surface area contributed by atoms with E-state index in [1.165, 1.54) is 24.8 Å². The molecule has 3 nitrogen and oxygen atoms in total. The molecule has 0 aliphatic heterocycles. The lowest BCUT2D eigenvalue weighted by molar-refractivity contribution is -0.122. The van der Waals surface area contributed by atoms with Gasteiger partial charge in [0.15, 0.2) is 0 Å². The van der Waals surface area contributed by atoms with Crippen molar-refractivity contribution >= 4 is 5.91 Å². The van der Waals surface area contributed by atoms with Gasteiger partial charge < -0.3 is 11.1 Å². The molecule has 1 fully saturated rings. The van der Waals surface area contributed by atoms with Gasteiger partial charge in [0.1, 0.15) is 0 Å². The van der Waals surface area contributed by atoms with E-state index >= 15 is 0 Å². The highest BCUT2D eigenvalue weighted by Gasteiger charge is 2.26. The number of nitrogens with one attached hydrogen (secondary N) is 1. The molecule has 3 rings (SSSR count). The van der Waals surface area contributed by atoms with E-state index in [0.29, 0.717) is 12.0 Å². The van der Waals surface area contributed by atoms with E-state index in [2.05, 4.69) is 29.6 Å². The van der Waals surface area contributed by atoms with E-state index in [-0.39, 0.29) is 11.8 Å². The highest BCUT2D eigenvalue weighted by atomic mass is 16.1. The van der Waals surface area contributed by atoms with E-state index in [4.69, 9.17) is 5.73 Å². The number of carbonyl (C=O) groups excluding carboxylic acids is 1. The van der Waals surface area contributed by atoms with Crippen molar-refractivity contribution in [2.45, 2.75) is 56.9 Å². The summed E-state index contributed by atoms with van der Waals surface area (Å²) < 4.78 is 0. The van der Waals surface area contributed by atoms with E-state index in [1.54, 1.807) is 5.56 Å². The Morgan fingerprint density at radius 1 is 1.14 bits per heavy atom. The zero-order valence-electron chi connectivity index (χ0n) is 12.7. The molecule has 1 atom stereocenters. The first kappa shape index (κ1) is 14.6. The maximum absolute atomic E-state index is 11.2. The van der Waals surface area contributed by atoms with Gasteiger partial charge in [-0.1, -0.05) is 24.3 Å². The summed E-state index contributed by atoms with van der Waals surface area (Å²) in [6, 6.07) is 9.45. The molecule has 0 radical (unpaired) electrons. The van der Waals surface area contributed by atoms with Crippen molar-refractivity contribution in [2.24, 2.45) is 11.7 Å². The zero-order valence-corrected chi connectivity index (χ0v) is 12.7. The van der Waals surface area contributed by atoms with Crippen molar-refractivity contribution in [1.82, 2.24) is 5.32 Å². The summed E-state index contributed by atoms with van der Waals surface area (Å²) in [5.41, 5.74) is 8.48. The number of benzene rings is 1. The first-order chi connectivity index (χ1) is 10.2. The van der Waals surface area contributed by atoms with Crippen LogP contribution in [0.5, 0.6) is 0 Å². The molecular weight excluding hydrogens is 260 g/mol. The highest BCUT2D eigenvalue weighted by Crippen LogP contribution is 2.31. The second-order valence-corrected chi connectivity index (χ2v) is 6.65. The Labute approximate surface area is 127 Å². The largest absolute Gasteiger partial charge is 0.369 e. The standard InChI is InChI=1S/C18H26N2O/c19-18(21)14-8-10-16(11-9-14)20-12-15-6-3-5-13-4-1-2-7-17(13)15/h1-2,4,7,14-16,20H,3,5-6,8-12H2,(H2,19,21). The van der Waals surface area contributed by atoms with Crippen LogP contribution >= 0.6 is 0 Å². The smallest absolute Gasteiger partial charge is 0.220 e. The highest BCUT2D eigenvalue weighted by molar-refractivity contribution is 5.76. The Bertz CT molecular complexity index is 492. The molecule has 0 bridgehead atoms. The number of rotatable bonds is 4. The molecule has 1 aromatic rings. The summed E-state index contributed by atoms with van der Waals surface area (Å²) in [6.07, 6.45) is 7.90. The quantitative estimate of drug-likeness (QED) is 0.894. The Morgan fingerprint density at radius 2 is 1.90 bits per heavy atom. The molecule has 1 saturated carbocycles. The number of carbonyl (C=O) groups is 1. The Balaban J connectivity index is 1.52. The van der Waals surface area contributed by atoms with Crippen molar-refractivity contribution in [3.05, 3.63) is 35.4 Å². The molecule has 1 amide bonds. The monoisotopic (exact) mass is 286 g/mol. The minimum Gasteiger partial charge on any atom is -0.369 e. The molecule has 0 heterocycles. The second kappa shape index (κ2) is 6.61. The van der Waals surface area contributed by atoms with Crippen LogP contribution in [0.3, 0.4) is 0 Å². The first-order valence-corrected chi connectivity index (χ1v) is 8.34. The van der Waals surface area contributed by atoms with Gasteiger partial charge in [-0.05, 0) is 62.0 Å². The average Bonchev–Trinajstić information content (AvgIpc) is 2.53. The van der Waals surface area contributed by atoms with E-state index < -0.39 is 0 Å². The molecule has 3 N–H and O–H groups in total. The van der Waals surface area contributed by atoms with E-state index in [0.717, 1.165) is 32.2 Å². The number of amides is 1. The lowest BCUT2D eigenvalue weighted by Crippen LogP contribution is -2.38. The number of nitrogens with two attached hydrogens (primary N) is 1. The van der Waals surface area contributed by atoms with Crippen molar-refractivity contribution < 1.29 is 4.79 Å². The normalized spacial score (nSPS) is 28.9. The van der Waals surface area contributed by atoms with Gasteiger partial charge in [0, 0.05) is 18.5 Å². The van der Waals surface area contributed by atoms with Gasteiger partial charge in [0.05, 0.1) is 0 Å². The topological polar surface area (TPSA) is 55.1 Å². The summed E-state index contributed by atoms with van der Waals surface area (Å²) >= 11 is 0. The predicted molar refractivity (Wildman–Crippen MR) is 85.1 cm³/mol. The van der Waals surface area contributed by atoms with Gasteiger partial charge in [-0.25, -0.2) is 0 Å². The molecule has 0 saturated heterocycles. The third-order valence-electron chi connectivity index (χ3n) is 5.28. The first-order valence-electron chi connectivity index (χ1n) is 8.34. The van der Waals surface area contributed by atoms with Crippen LogP contribution in [0, 0.1) is 5.92 Å². The summed E-state index contributed by atoms with van der Waals surface area (Å²) in [4.78, 5) is 11.2. The van der Waals surface area contributed by atoms with E-state index in [1.807, 2.05) is 0 Å². The van der Waals surface area contributed by atoms with Gasteiger partial charge in [0.25, 0.3) is 0 Å². The molecule has 21 heavy (non-hydrogen) atoms. The average molecular weight is 286 g/mol. The molecular formula is C18H26N2O. The number of hydrogen-bond donors (Lipinski definition) is 2. The van der Waals surface area contributed by atoms with Crippen LogP contribution in [0.1, 0.15) is 55.6 Å². The fraction of sp³-hybridized carbons (Fsp3) is 0.611. The molecule has 114 valence electrons. The van der Waals surface area contributed by atoms with Crippen LogP contribution in [0.4, 0.5) is 0 Å². The fourth-order valence-corrected chi connectivity index (χ4v) is 3.96. The Morgan fingerprint density at radius 3 is 2.67 bits per heavy atom. The SMILES string of the molecule is NC(=O)C1CCC(NCC2CCCc3ccccc32)CC1. The van der Waals surface area contributed by atoms with Crippen LogP contribution < -0.4 is 11.1 Å². The van der Waals surface area contributed by atoms with E-state index in [9.17, 15) is 4.79 Å². The predicted octanol–water partition coefficient (Wildman–Crippen LogP) is 2.74. The number of aryl methyl sites for hydroxylation is 1. The van der Waals surface area contributed by atoms with Crippen molar-refractivity contribution in [2.75, 3.05) is 6.54 Å². The summed E-state index contributed by atoms with van der Waals surface area (Å²) in [7, 11) is 0. The third kappa shape index (κ3) is 3.46. The summed E-state index contributed by atoms with van der Waals surface area (Å²) in [5.74, 6) is 0.650. The van der Waals surface area contributed by atoms with Gasteiger partial charge in [0.2, 0.25) is 5.91 Å². The number of primary amides is 1. The van der Waals surface area contributed by atoms with Crippen LogP contribution in [0.15, 0.2) is 24.3 Å². The van der Waals surface area contributed by atoms with Crippen LogP contribution in [-0.4, -0.2) is 18.5 Å². The Kier molecular flexibility index (Phi) is 4.59. The molecule has 1 unspecified atom stereocenters. The Hall–Kier alpha value is -1.35. The molecule has 2 aliphatic carbocycles. The number of hydrogen-bond acceptors (Lipinski definition) is 2.